The number of aromatic nitrogens is 2. The Hall–Kier alpha value is -1.90. The lowest BCUT2D eigenvalue weighted by Crippen LogP contribution is -2.48. The van der Waals surface area contributed by atoms with Crippen LogP contribution in [0, 0.1) is 3.57 Å². The van der Waals surface area contributed by atoms with Gasteiger partial charge in [-0.25, -0.2) is 9.67 Å². The molecule has 1 amide bonds. The highest BCUT2D eigenvalue weighted by Crippen LogP contribution is 2.27. The third-order valence-corrected chi connectivity index (χ3v) is 4.46. The molecular weight excluding hydrogens is 393 g/mol. The maximum absolute atomic E-state index is 12.5. The van der Waals surface area contributed by atoms with Gasteiger partial charge < -0.3 is 5.73 Å². The molecule has 0 radical (unpaired) electrons. The predicted molar refractivity (Wildman–Crippen MR) is 92.9 cm³/mol. The minimum absolute atomic E-state index is 0.0535. The Bertz CT molecular complexity index is 754. The summed E-state index contributed by atoms with van der Waals surface area (Å²) >= 11 is 2.26. The Morgan fingerprint density at radius 2 is 2.14 bits per heavy atom. The average molecular weight is 409 g/mol. The van der Waals surface area contributed by atoms with Gasteiger partial charge in [-0.3, -0.25) is 9.69 Å². The quantitative estimate of drug-likeness (QED) is 0.768. The van der Waals surface area contributed by atoms with Crippen LogP contribution in [-0.2, 0) is 4.79 Å². The van der Waals surface area contributed by atoms with Gasteiger partial charge in [0.05, 0.1) is 23.8 Å². The molecule has 1 aromatic carbocycles. The summed E-state index contributed by atoms with van der Waals surface area (Å²) in [7, 11) is 1.64. The van der Waals surface area contributed by atoms with E-state index < -0.39 is 0 Å². The maximum atomic E-state index is 12.5. The molecule has 0 saturated carbocycles. The van der Waals surface area contributed by atoms with Crippen molar-refractivity contribution in [2.75, 3.05) is 7.05 Å². The van der Waals surface area contributed by atoms with Crippen LogP contribution in [0.2, 0.25) is 0 Å². The predicted octanol–water partition coefficient (Wildman–Crippen LogP) is 1.74. The monoisotopic (exact) mass is 409 g/mol. The largest absolute Gasteiger partial charge is 0.369 e. The van der Waals surface area contributed by atoms with Crippen molar-refractivity contribution in [1.29, 1.82) is 0 Å². The van der Waals surface area contributed by atoms with Crippen LogP contribution < -0.4 is 5.73 Å². The fourth-order valence-electron chi connectivity index (χ4n) is 2.58. The summed E-state index contributed by atoms with van der Waals surface area (Å²) < 4.78 is 2.91. The van der Waals surface area contributed by atoms with E-state index in [1.165, 1.54) is 4.90 Å². The number of nitrogens with two attached hydrogens (primary N) is 1. The van der Waals surface area contributed by atoms with Crippen LogP contribution in [0.5, 0.6) is 0 Å². The molecule has 0 fully saturated rings. The molecule has 22 heavy (non-hydrogen) atoms. The van der Waals surface area contributed by atoms with Gasteiger partial charge in [-0.1, -0.05) is 6.07 Å². The lowest BCUT2D eigenvalue weighted by molar-refractivity contribution is -0.129. The summed E-state index contributed by atoms with van der Waals surface area (Å²) in [4.78, 5) is 18.2. The standard InChI is InChI=1S/C15H16IN5O/c1-9-13(14(22)20(2)15(17)19-9)10-7-18-21(8-10)12-5-3-4-11(16)6-12/h3-9,13H,1-2H3,(H2,17,19)/t9-,13?/m0/s1. The molecule has 0 aliphatic carbocycles. The smallest absolute Gasteiger partial charge is 0.238 e. The van der Waals surface area contributed by atoms with Crippen molar-refractivity contribution in [2.24, 2.45) is 10.7 Å². The molecule has 2 aromatic rings. The molecule has 0 bridgehead atoms. The number of carbonyl (C=O) groups is 1. The Morgan fingerprint density at radius 1 is 1.36 bits per heavy atom. The second kappa shape index (κ2) is 5.71. The van der Waals surface area contributed by atoms with Gasteiger partial charge in [-0.05, 0) is 47.7 Å². The van der Waals surface area contributed by atoms with E-state index in [-0.39, 0.29) is 23.8 Å². The van der Waals surface area contributed by atoms with Crippen LogP contribution >= 0.6 is 22.6 Å². The fraction of sp³-hybridized carbons (Fsp3) is 0.267. The number of likely N-dealkylation sites (N-methyl/N-ethyl adjacent to an activating group) is 1. The van der Waals surface area contributed by atoms with Gasteiger partial charge >= 0.3 is 0 Å². The molecule has 0 spiro atoms. The van der Waals surface area contributed by atoms with Crippen molar-refractivity contribution in [3.63, 3.8) is 0 Å². The highest BCUT2D eigenvalue weighted by Gasteiger charge is 2.35. The van der Waals surface area contributed by atoms with E-state index in [9.17, 15) is 4.79 Å². The number of hydrogen-bond acceptors (Lipinski definition) is 4. The summed E-state index contributed by atoms with van der Waals surface area (Å²) in [6.45, 7) is 1.89. The van der Waals surface area contributed by atoms with Gasteiger partial charge in [0.25, 0.3) is 0 Å². The number of benzene rings is 1. The lowest BCUT2D eigenvalue weighted by atomic mass is 9.92. The first-order valence-electron chi connectivity index (χ1n) is 6.88. The van der Waals surface area contributed by atoms with Crippen molar-refractivity contribution in [1.82, 2.24) is 14.7 Å². The molecule has 6 nitrogen and oxygen atoms in total. The molecular formula is C15H16IN5O. The van der Waals surface area contributed by atoms with E-state index in [1.54, 1.807) is 17.9 Å². The van der Waals surface area contributed by atoms with Gasteiger partial charge in [0.15, 0.2) is 5.96 Å². The number of aliphatic imine (C=N–C) groups is 1. The number of hydrogen-bond donors (Lipinski definition) is 1. The molecule has 3 rings (SSSR count). The molecule has 1 aromatic heterocycles. The van der Waals surface area contributed by atoms with Crippen molar-refractivity contribution >= 4 is 34.5 Å². The summed E-state index contributed by atoms with van der Waals surface area (Å²) in [6, 6.07) is 7.82. The van der Waals surface area contributed by atoms with E-state index in [0.717, 1.165) is 14.8 Å². The van der Waals surface area contributed by atoms with Crippen LogP contribution in [0.3, 0.4) is 0 Å². The Kier molecular flexibility index (Phi) is 3.90. The van der Waals surface area contributed by atoms with Gasteiger partial charge in [0.2, 0.25) is 5.91 Å². The number of carbonyl (C=O) groups excluding carboxylic acids is 1. The van der Waals surface area contributed by atoms with Crippen molar-refractivity contribution in [3.05, 3.63) is 45.8 Å². The van der Waals surface area contributed by atoms with Crippen molar-refractivity contribution in [3.8, 4) is 5.69 Å². The number of guanidine groups is 1. The zero-order valence-electron chi connectivity index (χ0n) is 12.3. The first kappa shape index (κ1) is 15.0. The third-order valence-electron chi connectivity index (χ3n) is 3.79. The molecule has 0 saturated heterocycles. The summed E-state index contributed by atoms with van der Waals surface area (Å²) in [5.41, 5.74) is 7.56. The Labute approximate surface area is 142 Å². The molecule has 2 heterocycles. The molecule has 1 unspecified atom stereocenters. The average Bonchev–Trinajstić information content (AvgIpc) is 2.94. The first-order chi connectivity index (χ1) is 10.5. The number of rotatable bonds is 2. The van der Waals surface area contributed by atoms with Crippen LogP contribution in [-0.4, -0.2) is 39.6 Å². The first-order valence-corrected chi connectivity index (χ1v) is 7.96. The van der Waals surface area contributed by atoms with E-state index >= 15 is 0 Å². The van der Waals surface area contributed by atoms with Gasteiger partial charge in [0.1, 0.15) is 0 Å². The fourth-order valence-corrected chi connectivity index (χ4v) is 3.10. The number of amides is 1. The normalized spacial score (nSPS) is 21.9. The van der Waals surface area contributed by atoms with Crippen LogP contribution in [0.15, 0.2) is 41.7 Å². The molecule has 7 heteroatoms. The highest BCUT2D eigenvalue weighted by atomic mass is 127. The summed E-state index contributed by atoms with van der Waals surface area (Å²) in [5, 5.41) is 4.38. The van der Waals surface area contributed by atoms with E-state index in [0.29, 0.717) is 0 Å². The molecule has 114 valence electrons. The van der Waals surface area contributed by atoms with E-state index in [2.05, 4.69) is 32.7 Å². The van der Waals surface area contributed by atoms with E-state index in [1.807, 2.05) is 37.4 Å². The highest BCUT2D eigenvalue weighted by molar-refractivity contribution is 14.1. The topological polar surface area (TPSA) is 76.5 Å². The number of nitrogens with zero attached hydrogens (tertiary/aromatic N) is 4. The van der Waals surface area contributed by atoms with Crippen LogP contribution in [0.1, 0.15) is 18.4 Å². The van der Waals surface area contributed by atoms with Gasteiger partial charge in [-0.2, -0.15) is 5.10 Å². The Balaban J connectivity index is 1.96. The van der Waals surface area contributed by atoms with Crippen LogP contribution in [0.4, 0.5) is 0 Å². The minimum Gasteiger partial charge on any atom is -0.369 e. The molecule has 2 N–H and O–H groups in total. The lowest BCUT2D eigenvalue weighted by Gasteiger charge is -2.30. The minimum atomic E-state index is -0.353. The third kappa shape index (κ3) is 2.60. The van der Waals surface area contributed by atoms with Gasteiger partial charge in [0, 0.05) is 22.4 Å². The van der Waals surface area contributed by atoms with Crippen molar-refractivity contribution in [2.45, 2.75) is 18.9 Å². The zero-order valence-corrected chi connectivity index (χ0v) is 14.4. The molecule has 1 aliphatic rings. The zero-order chi connectivity index (χ0) is 15.9. The SMILES string of the molecule is C[C@@H]1N=C(N)N(C)C(=O)C1c1cnn(-c2cccc(I)c2)c1. The van der Waals surface area contributed by atoms with E-state index in [4.69, 9.17) is 5.73 Å². The molecule has 2 atom stereocenters. The second-order valence-electron chi connectivity index (χ2n) is 5.30. The Morgan fingerprint density at radius 3 is 2.86 bits per heavy atom. The maximum Gasteiger partial charge on any atom is 0.238 e. The van der Waals surface area contributed by atoms with Crippen LogP contribution in [0.25, 0.3) is 5.69 Å². The van der Waals surface area contributed by atoms with Crippen molar-refractivity contribution < 1.29 is 4.79 Å². The van der Waals surface area contributed by atoms with Gasteiger partial charge in [-0.15, -0.1) is 0 Å². The summed E-state index contributed by atoms with van der Waals surface area (Å²) in [5.74, 6) is -0.144. The number of halogens is 1. The summed E-state index contributed by atoms with van der Waals surface area (Å²) in [6.07, 6.45) is 3.61. The second-order valence-corrected chi connectivity index (χ2v) is 6.55. The molecule has 1 aliphatic heterocycles.